The third-order valence-corrected chi connectivity index (χ3v) is 3.17. The van der Waals surface area contributed by atoms with Gasteiger partial charge in [0.1, 0.15) is 5.82 Å². The van der Waals surface area contributed by atoms with Crippen LogP contribution < -0.4 is 5.73 Å². The molecule has 5 heteroatoms. The van der Waals surface area contributed by atoms with Gasteiger partial charge < -0.3 is 10.3 Å². The molecule has 0 atom stereocenters. The standard InChI is InChI=1S/C13H14BrN3O/c1-2-3-12-16-6-7-17(12)11-8-9(14)4-5-10(11)13(15)18/h4-8H,2-3H2,1H3,(H2,15,18). The van der Waals surface area contributed by atoms with Gasteiger partial charge in [-0.05, 0) is 24.6 Å². The van der Waals surface area contributed by atoms with Crippen molar-refractivity contribution in [3.63, 3.8) is 0 Å². The Balaban J connectivity index is 2.58. The van der Waals surface area contributed by atoms with E-state index >= 15 is 0 Å². The molecular weight excluding hydrogens is 294 g/mol. The first-order valence-electron chi connectivity index (χ1n) is 5.75. The lowest BCUT2D eigenvalue weighted by molar-refractivity contribution is 0.100. The summed E-state index contributed by atoms with van der Waals surface area (Å²) >= 11 is 3.41. The molecule has 0 fully saturated rings. The zero-order valence-corrected chi connectivity index (χ0v) is 11.6. The predicted molar refractivity (Wildman–Crippen MR) is 73.8 cm³/mol. The predicted octanol–water partition coefficient (Wildman–Crippen LogP) is 2.69. The molecule has 0 radical (unpaired) electrons. The average Bonchev–Trinajstić information content (AvgIpc) is 2.77. The average molecular weight is 308 g/mol. The van der Waals surface area contributed by atoms with Gasteiger partial charge in [-0.25, -0.2) is 4.98 Å². The molecule has 0 aliphatic carbocycles. The summed E-state index contributed by atoms with van der Waals surface area (Å²) in [6.07, 6.45) is 5.44. The highest BCUT2D eigenvalue weighted by molar-refractivity contribution is 9.10. The molecule has 1 aromatic carbocycles. The molecule has 0 bridgehead atoms. The van der Waals surface area contributed by atoms with Gasteiger partial charge in [0.25, 0.3) is 5.91 Å². The highest BCUT2D eigenvalue weighted by Crippen LogP contribution is 2.22. The van der Waals surface area contributed by atoms with Crippen LogP contribution in [-0.4, -0.2) is 15.5 Å². The van der Waals surface area contributed by atoms with Gasteiger partial charge in [-0.1, -0.05) is 22.9 Å². The molecule has 0 unspecified atom stereocenters. The fourth-order valence-corrected chi connectivity index (χ4v) is 2.22. The van der Waals surface area contributed by atoms with Gasteiger partial charge in [0.05, 0.1) is 11.3 Å². The number of rotatable bonds is 4. The van der Waals surface area contributed by atoms with Crippen molar-refractivity contribution in [2.45, 2.75) is 19.8 Å². The topological polar surface area (TPSA) is 60.9 Å². The SMILES string of the molecule is CCCc1nccn1-c1cc(Br)ccc1C(N)=O. The second-order valence-corrected chi connectivity index (χ2v) is 4.90. The molecule has 2 rings (SSSR count). The first-order chi connectivity index (χ1) is 8.63. The molecule has 4 nitrogen and oxygen atoms in total. The molecule has 0 aliphatic rings. The maximum absolute atomic E-state index is 11.5. The van der Waals surface area contributed by atoms with E-state index < -0.39 is 5.91 Å². The zero-order valence-electron chi connectivity index (χ0n) is 10.1. The van der Waals surface area contributed by atoms with Crippen LogP contribution in [0.1, 0.15) is 29.5 Å². The van der Waals surface area contributed by atoms with E-state index in [0.29, 0.717) is 5.56 Å². The smallest absolute Gasteiger partial charge is 0.250 e. The van der Waals surface area contributed by atoms with E-state index in [1.807, 2.05) is 16.8 Å². The van der Waals surface area contributed by atoms with Crippen molar-refractivity contribution in [1.82, 2.24) is 9.55 Å². The van der Waals surface area contributed by atoms with Crippen molar-refractivity contribution >= 4 is 21.8 Å². The van der Waals surface area contributed by atoms with Crippen LogP contribution in [0.25, 0.3) is 5.69 Å². The number of benzene rings is 1. The van der Waals surface area contributed by atoms with Gasteiger partial charge in [-0.15, -0.1) is 0 Å². The Morgan fingerprint density at radius 2 is 2.28 bits per heavy atom. The van der Waals surface area contributed by atoms with Crippen LogP contribution in [0.15, 0.2) is 35.1 Å². The van der Waals surface area contributed by atoms with E-state index in [1.54, 1.807) is 18.3 Å². The number of nitrogens with zero attached hydrogens (tertiary/aromatic N) is 2. The quantitative estimate of drug-likeness (QED) is 0.944. The van der Waals surface area contributed by atoms with E-state index in [9.17, 15) is 4.79 Å². The van der Waals surface area contributed by atoms with Crippen LogP contribution in [0.5, 0.6) is 0 Å². The van der Waals surface area contributed by atoms with Crippen LogP contribution in [0.2, 0.25) is 0 Å². The van der Waals surface area contributed by atoms with E-state index in [-0.39, 0.29) is 0 Å². The zero-order chi connectivity index (χ0) is 13.1. The third kappa shape index (κ3) is 2.46. The number of imidazole rings is 1. The maximum Gasteiger partial charge on any atom is 0.250 e. The van der Waals surface area contributed by atoms with Crippen molar-refractivity contribution < 1.29 is 4.79 Å². The van der Waals surface area contributed by atoms with Crippen LogP contribution >= 0.6 is 15.9 Å². The molecule has 2 N–H and O–H groups in total. The molecule has 2 aromatic rings. The number of halogens is 1. The number of aromatic nitrogens is 2. The number of amides is 1. The molecule has 0 spiro atoms. The summed E-state index contributed by atoms with van der Waals surface area (Å²) < 4.78 is 2.81. The minimum atomic E-state index is -0.436. The number of primary amides is 1. The Bertz CT molecular complexity index is 577. The van der Waals surface area contributed by atoms with Gasteiger partial charge in [0.15, 0.2) is 0 Å². The molecule has 1 aromatic heterocycles. The van der Waals surface area contributed by atoms with Crippen LogP contribution in [0.4, 0.5) is 0 Å². The van der Waals surface area contributed by atoms with E-state index in [4.69, 9.17) is 5.73 Å². The highest BCUT2D eigenvalue weighted by Gasteiger charge is 2.13. The number of nitrogens with two attached hydrogens (primary N) is 1. The Labute approximate surface area is 114 Å². The molecule has 94 valence electrons. The van der Waals surface area contributed by atoms with Crippen LogP contribution in [0, 0.1) is 0 Å². The van der Waals surface area contributed by atoms with Gasteiger partial charge >= 0.3 is 0 Å². The first kappa shape index (κ1) is 12.8. The summed E-state index contributed by atoms with van der Waals surface area (Å²) in [4.78, 5) is 15.8. The van der Waals surface area contributed by atoms with Crippen molar-refractivity contribution in [2.24, 2.45) is 5.73 Å². The molecule has 0 aliphatic heterocycles. The summed E-state index contributed by atoms with van der Waals surface area (Å²) in [6.45, 7) is 2.09. The van der Waals surface area contributed by atoms with Crippen LogP contribution in [0.3, 0.4) is 0 Å². The van der Waals surface area contributed by atoms with Gasteiger partial charge in [0.2, 0.25) is 0 Å². The normalized spacial score (nSPS) is 10.6. The lowest BCUT2D eigenvalue weighted by Gasteiger charge is -2.11. The van der Waals surface area contributed by atoms with Crippen molar-refractivity contribution in [3.05, 3.63) is 46.5 Å². The van der Waals surface area contributed by atoms with Crippen molar-refractivity contribution in [2.75, 3.05) is 0 Å². The number of hydrogen-bond acceptors (Lipinski definition) is 2. The van der Waals surface area contributed by atoms with Gasteiger partial charge in [0, 0.05) is 23.3 Å². The van der Waals surface area contributed by atoms with E-state index in [1.165, 1.54) is 0 Å². The largest absolute Gasteiger partial charge is 0.366 e. The van der Waals surface area contributed by atoms with E-state index in [0.717, 1.165) is 28.8 Å². The summed E-state index contributed by atoms with van der Waals surface area (Å²) in [5.41, 5.74) is 6.66. The fraction of sp³-hybridized carbons (Fsp3) is 0.231. The Morgan fingerprint density at radius 1 is 1.50 bits per heavy atom. The number of hydrogen-bond donors (Lipinski definition) is 1. The maximum atomic E-state index is 11.5. The Kier molecular flexibility index (Phi) is 3.81. The Morgan fingerprint density at radius 3 is 2.94 bits per heavy atom. The number of carbonyl (C=O) groups excluding carboxylic acids is 1. The number of carbonyl (C=O) groups is 1. The van der Waals surface area contributed by atoms with Crippen molar-refractivity contribution in [3.8, 4) is 5.69 Å². The molecule has 1 amide bonds. The minimum Gasteiger partial charge on any atom is -0.366 e. The lowest BCUT2D eigenvalue weighted by atomic mass is 10.1. The third-order valence-electron chi connectivity index (χ3n) is 2.68. The molecular formula is C13H14BrN3O. The van der Waals surface area contributed by atoms with Gasteiger partial charge in [-0.3, -0.25) is 4.79 Å². The first-order valence-corrected chi connectivity index (χ1v) is 6.54. The molecule has 1 heterocycles. The molecule has 0 saturated carbocycles. The second kappa shape index (κ2) is 5.35. The fourth-order valence-electron chi connectivity index (χ4n) is 1.87. The monoisotopic (exact) mass is 307 g/mol. The Hall–Kier alpha value is -1.62. The van der Waals surface area contributed by atoms with E-state index in [2.05, 4.69) is 27.8 Å². The summed E-state index contributed by atoms with van der Waals surface area (Å²) in [7, 11) is 0. The second-order valence-electron chi connectivity index (χ2n) is 3.99. The number of aryl methyl sites for hydroxylation is 1. The highest BCUT2D eigenvalue weighted by atomic mass is 79.9. The summed E-state index contributed by atoms with van der Waals surface area (Å²) in [5.74, 6) is 0.492. The van der Waals surface area contributed by atoms with Crippen molar-refractivity contribution in [1.29, 1.82) is 0 Å². The minimum absolute atomic E-state index is 0.436. The molecule has 0 saturated heterocycles. The molecule has 18 heavy (non-hydrogen) atoms. The summed E-state index contributed by atoms with van der Waals surface area (Å²) in [5, 5.41) is 0. The van der Waals surface area contributed by atoms with Gasteiger partial charge in [-0.2, -0.15) is 0 Å². The lowest BCUT2D eigenvalue weighted by Crippen LogP contribution is -2.15. The summed E-state index contributed by atoms with van der Waals surface area (Å²) in [6, 6.07) is 5.40. The van der Waals surface area contributed by atoms with Crippen LogP contribution in [-0.2, 0) is 6.42 Å².